The van der Waals surface area contributed by atoms with Gasteiger partial charge in [-0.25, -0.2) is 0 Å². The first-order valence-corrected chi connectivity index (χ1v) is 32.2. The molecule has 0 aromatic rings. The molecule has 0 saturated carbocycles. The van der Waals surface area contributed by atoms with Crippen LogP contribution in [0, 0.1) is 0 Å². The van der Waals surface area contributed by atoms with E-state index in [1.165, 1.54) is 173 Å². The molecule has 0 amide bonds. The monoisotopic (exact) mass is 1060 g/mol. The molecule has 6 nitrogen and oxygen atoms in total. The fourth-order valence-corrected chi connectivity index (χ4v) is 8.98. The average Bonchev–Trinajstić information content (AvgIpc) is 3.42. The third-order valence-electron chi connectivity index (χ3n) is 13.8. The fourth-order valence-electron chi connectivity index (χ4n) is 8.98. The van der Waals surface area contributed by atoms with E-state index >= 15 is 0 Å². The van der Waals surface area contributed by atoms with Gasteiger partial charge in [-0.2, -0.15) is 0 Å². The molecular weight excluding hydrogens is 937 g/mol. The van der Waals surface area contributed by atoms with Crippen LogP contribution in [0.4, 0.5) is 0 Å². The maximum atomic E-state index is 12.9. The zero-order valence-corrected chi connectivity index (χ0v) is 50.0. The van der Waals surface area contributed by atoms with E-state index in [4.69, 9.17) is 14.2 Å². The van der Waals surface area contributed by atoms with Crippen molar-refractivity contribution in [2.75, 3.05) is 13.2 Å². The fraction of sp³-hybridized carbons (Fsp3) is 0.729. The lowest BCUT2D eigenvalue weighted by Crippen LogP contribution is -2.30. The van der Waals surface area contributed by atoms with Crippen molar-refractivity contribution in [3.63, 3.8) is 0 Å². The molecule has 0 aromatic heterocycles. The number of hydrogen-bond donors (Lipinski definition) is 0. The second kappa shape index (κ2) is 63.9. The molecule has 1 atom stereocenters. The van der Waals surface area contributed by atoms with E-state index in [9.17, 15) is 14.4 Å². The van der Waals surface area contributed by atoms with Crippen molar-refractivity contribution in [2.45, 2.75) is 316 Å². The van der Waals surface area contributed by atoms with Gasteiger partial charge in [0.05, 0.1) is 0 Å². The first kappa shape index (κ1) is 72.3. The molecule has 0 spiro atoms. The topological polar surface area (TPSA) is 78.9 Å². The maximum absolute atomic E-state index is 12.9. The Hall–Kier alpha value is -3.67. The Morgan fingerprint density at radius 1 is 0.276 bits per heavy atom. The van der Waals surface area contributed by atoms with Crippen LogP contribution in [0.2, 0.25) is 0 Å². The van der Waals surface area contributed by atoms with Gasteiger partial charge in [-0.3, -0.25) is 14.4 Å². The number of carbonyl (C=O) groups excluding carboxylic acids is 3. The Balaban J connectivity index is 4.42. The quantitative estimate of drug-likeness (QED) is 0.0261. The molecule has 6 heteroatoms. The van der Waals surface area contributed by atoms with Gasteiger partial charge in [0.2, 0.25) is 0 Å². The van der Waals surface area contributed by atoms with Crippen LogP contribution in [0.15, 0.2) is 97.2 Å². The molecule has 0 radical (unpaired) electrons. The summed E-state index contributed by atoms with van der Waals surface area (Å²) in [6.07, 6.45) is 85.6. The summed E-state index contributed by atoms with van der Waals surface area (Å²) in [5.41, 5.74) is 0. The van der Waals surface area contributed by atoms with Crippen molar-refractivity contribution < 1.29 is 28.6 Å². The summed E-state index contributed by atoms with van der Waals surface area (Å²) in [6, 6.07) is 0. The average molecular weight is 1060 g/mol. The van der Waals surface area contributed by atoms with Gasteiger partial charge in [-0.1, -0.05) is 272 Å². The van der Waals surface area contributed by atoms with Gasteiger partial charge in [0.15, 0.2) is 6.10 Å². The molecule has 0 fully saturated rings. The molecule has 0 N–H and O–H groups in total. The van der Waals surface area contributed by atoms with E-state index in [-0.39, 0.29) is 37.5 Å². The summed E-state index contributed by atoms with van der Waals surface area (Å²) in [6.45, 7) is 6.48. The van der Waals surface area contributed by atoms with Gasteiger partial charge in [0.25, 0.3) is 0 Å². The van der Waals surface area contributed by atoms with Gasteiger partial charge in [0.1, 0.15) is 13.2 Å². The lowest BCUT2D eigenvalue weighted by Gasteiger charge is -2.18. The van der Waals surface area contributed by atoms with Crippen LogP contribution in [0.5, 0.6) is 0 Å². The Morgan fingerprint density at radius 3 is 0.882 bits per heavy atom. The highest BCUT2D eigenvalue weighted by atomic mass is 16.6. The summed E-state index contributed by atoms with van der Waals surface area (Å²) in [7, 11) is 0. The Bertz CT molecular complexity index is 1490. The van der Waals surface area contributed by atoms with E-state index in [2.05, 4.69) is 118 Å². The SMILES string of the molecule is CC/C=C\C/C=C\C/C=C\C/C=C\C/C=C\CCCC(=O)OCC(COC(=O)CCCCCCCCCCCCC/C=C\CCCCCCCCCC)OC(=O)CCCCCCCCC/C=C\C/C=C\CCCCCC. The molecule has 0 heterocycles. The molecular formula is C70H120O6. The Morgan fingerprint density at radius 2 is 0.526 bits per heavy atom. The zero-order valence-electron chi connectivity index (χ0n) is 50.0. The molecule has 0 aromatic carbocycles. The van der Waals surface area contributed by atoms with Crippen LogP contribution in [0.1, 0.15) is 310 Å². The lowest BCUT2D eigenvalue weighted by molar-refractivity contribution is -0.167. The minimum absolute atomic E-state index is 0.0983. The maximum Gasteiger partial charge on any atom is 0.306 e. The molecule has 0 bridgehead atoms. The number of unbranched alkanes of at least 4 members (excludes halogenated alkanes) is 31. The molecule has 436 valence electrons. The highest BCUT2D eigenvalue weighted by molar-refractivity contribution is 5.71. The van der Waals surface area contributed by atoms with Crippen LogP contribution in [-0.2, 0) is 28.6 Å². The molecule has 0 saturated heterocycles. The Kier molecular flexibility index (Phi) is 60.8. The Labute approximate surface area is 470 Å². The molecule has 76 heavy (non-hydrogen) atoms. The first-order chi connectivity index (χ1) is 37.5. The van der Waals surface area contributed by atoms with Crippen LogP contribution in [0.3, 0.4) is 0 Å². The summed E-state index contributed by atoms with van der Waals surface area (Å²) in [5, 5.41) is 0. The summed E-state index contributed by atoms with van der Waals surface area (Å²) < 4.78 is 16.9. The summed E-state index contributed by atoms with van der Waals surface area (Å²) in [4.78, 5) is 38.3. The van der Waals surface area contributed by atoms with Gasteiger partial charge in [-0.05, 0) is 116 Å². The summed E-state index contributed by atoms with van der Waals surface area (Å²) >= 11 is 0. The number of allylic oxidation sites excluding steroid dienone is 16. The van der Waals surface area contributed by atoms with E-state index in [0.717, 1.165) is 89.9 Å². The van der Waals surface area contributed by atoms with Crippen molar-refractivity contribution in [1.29, 1.82) is 0 Å². The van der Waals surface area contributed by atoms with Crippen LogP contribution in [-0.4, -0.2) is 37.2 Å². The third-order valence-corrected chi connectivity index (χ3v) is 13.8. The van der Waals surface area contributed by atoms with Crippen molar-refractivity contribution in [3.8, 4) is 0 Å². The van der Waals surface area contributed by atoms with E-state index < -0.39 is 6.10 Å². The van der Waals surface area contributed by atoms with Crippen molar-refractivity contribution >= 4 is 17.9 Å². The zero-order chi connectivity index (χ0) is 55.0. The van der Waals surface area contributed by atoms with Gasteiger partial charge in [-0.15, -0.1) is 0 Å². The number of ether oxygens (including phenoxy) is 3. The highest BCUT2D eigenvalue weighted by Gasteiger charge is 2.19. The molecule has 0 aliphatic heterocycles. The van der Waals surface area contributed by atoms with E-state index in [0.29, 0.717) is 19.3 Å². The van der Waals surface area contributed by atoms with Crippen molar-refractivity contribution in [2.24, 2.45) is 0 Å². The summed E-state index contributed by atoms with van der Waals surface area (Å²) in [5.74, 6) is -0.958. The van der Waals surface area contributed by atoms with Gasteiger partial charge in [0, 0.05) is 19.3 Å². The number of esters is 3. The second-order valence-electron chi connectivity index (χ2n) is 21.3. The van der Waals surface area contributed by atoms with Gasteiger partial charge < -0.3 is 14.2 Å². The van der Waals surface area contributed by atoms with Crippen LogP contribution < -0.4 is 0 Å². The van der Waals surface area contributed by atoms with Crippen molar-refractivity contribution in [1.82, 2.24) is 0 Å². The molecule has 0 aliphatic rings. The standard InChI is InChI=1S/C70H120O6/c1-4-7-10-13-16-19-22-25-28-31-33-34-35-36-37-40-42-45-48-51-54-57-60-63-69(72)75-66-67(65-74-68(71)62-59-56-53-50-47-44-41-38-30-27-24-21-18-15-12-9-6-3)76-70(73)64-61-58-55-52-49-46-43-39-32-29-26-23-20-17-14-11-8-5-2/h9,12,18,20-21,23,27,29-33,41,44,50,53,67H,4-8,10-11,13-17,19,22,24-26,28,34-40,42-43,45-49,51-52,54-66H2,1-3H3/b12-9-,21-18-,23-20-,30-27-,32-29-,33-31-,44-41-,53-50-. The third kappa shape index (κ3) is 61.2. The number of rotatable bonds is 58. The minimum Gasteiger partial charge on any atom is -0.462 e. The van der Waals surface area contributed by atoms with Crippen LogP contribution >= 0.6 is 0 Å². The highest BCUT2D eigenvalue weighted by Crippen LogP contribution is 2.16. The van der Waals surface area contributed by atoms with E-state index in [1.807, 2.05) is 0 Å². The first-order valence-electron chi connectivity index (χ1n) is 32.2. The minimum atomic E-state index is -0.807. The molecule has 0 aliphatic carbocycles. The largest absolute Gasteiger partial charge is 0.462 e. The predicted octanol–water partition coefficient (Wildman–Crippen LogP) is 22.0. The normalized spacial score (nSPS) is 12.7. The number of carbonyl (C=O) groups is 3. The molecule has 1 unspecified atom stereocenters. The predicted molar refractivity (Wildman–Crippen MR) is 330 cm³/mol. The van der Waals surface area contributed by atoms with E-state index in [1.54, 1.807) is 0 Å². The second-order valence-corrected chi connectivity index (χ2v) is 21.3. The van der Waals surface area contributed by atoms with Gasteiger partial charge >= 0.3 is 17.9 Å². The number of hydrogen-bond acceptors (Lipinski definition) is 6. The van der Waals surface area contributed by atoms with Crippen molar-refractivity contribution in [3.05, 3.63) is 97.2 Å². The van der Waals surface area contributed by atoms with Crippen LogP contribution in [0.25, 0.3) is 0 Å². The lowest BCUT2D eigenvalue weighted by atomic mass is 10.0. The smallest absolute Gasteiger partial charge is 0.306 e. The molecule has 0 rings (SSSR count).